The van der Waals surface area contributed by atoms with Gasteiger partial charge in [-0.2, -0.15) is 13.2 Å². The van der Waals surface area contributed by atoms with Crippen molar-refractivity contribution in [3.05, 3.63) is 62.6 Å². The van der Waals surface area contributed by atoms with Crippen molar-refractivity contribution >= 4 is 42.5 Å². The van der Waals surface area contributed by atoms with E-state index in [2.05, 4.69) is 0 Å². The van der Waals surface area contributed by atoms with Crippen LogP contribution in [0.2, 0.25) is 10.0 Å². The molecule has 1 aliphatic carbocycles. The van der Waals surface area contributed by atoms with Crippen LogP contribution in [0, 0.1) is 0 Å². The normalized spacial score (nSPS) is 18.4. The lowest BCUT2D eigenvalue weighted by atomic mass is 9.78. The average molecular weight is 455 g/mol. The van der Waals surface area contributed by atoms with E-state index in [0.29, 0.717) is 17.5 Å². The summed E-state index contributed by atoms with van der Waals surface area (Å²) >= 11 is 12.6. The number of hydrogen-bond donors (Lipinski definition) is 0. The zero-order chi connectivity index (χ0) is 22.3. The van der Waals surface area contributed by atoms with E-state index in [1.54, 1.807) is 13.0 Å². The van der Waals surface area contributed by atoms with Crippen molar-refractivity contribution in [1.29, 1.82) is 0 Å². The molecule has 1 aliphatic rings. The summed E-state index contributed by atoms with van der Waals surface area (Å²) in [6.45, 7) is 1.84. The summed E-state index contributed by atoms with van der Waals surface area (Å²) < 4.78 is 44.2. The van der Waals surface area contributed by atoms with Gasteiger partial charge in [-0.3, -0.25) is 4.79 Å². The molecule has 0 spiro atoms. The number of ketones is 1. The second kappa shape index (κ2) is 8.27. The molecule has 0 aromatic heterocycles. The van der Waals surface area contributed by atoms with E-state index in [9.17, 15) is 22.8 Å². The lowest BCUT2D eigenvalue weighted by Crippen LogP contribution is -2.29. The maximum Gasteiger partial charge on any atom is 0.416 e. The van der Waals surface area contributed by atoms with E-state index in [1.165, 1.54) is 12.1 Å². The van der Waals surface area contributed by atoms with Gasteiger partial charge in [0.15, 0.2) is 13.6 Å². The topological polar surface area (TPSA) is 43.4 Å². The molecule has 3 nitrogen and oxygen atoms in total. The van der Waals surface area contributed by atoms with E-state index < -0.39 is 22.8 Å². The molecule has 2 aromatic carbocycles. The number of hydrogen-bond acceptors (Lipinski definition) is 3. The quantitative estimate of drug-likeness (QED) is 0.423. The Bertz CT molecular complexity index is 1010. The lowest BCUT2D eigenvalue weighted by Gasteiger charge is -2.23. The predicted octanol–water partition coefficient (Wildman–Crippen LogP) is 5.56. The van der Waals surface area contributed by atoms with Crippen LogP contribution in [0.15, 0.2) is 30.3 Å². The monoisotopic (exact) mass is 454 g/mol. The lowest BCUT2D eigenvalue weighted by molar-refractivity contribution is -0.137. The fraction of sp³-hybridized carbons (Fsp3) is 0.333. The molecule has 0 heterocycles. The third kappa shape index (κ3) is 4.23. The van der Waals surface area contributed by atoms with Crippen LogP contribution in [-0.4, -0.2) is 25.9 Å². The summed E-state index contributed by atoms with van der Waals surface area (Å²) in [5, 5.41) is 0.110. The Morgan fingerprint density at radius 3 is 2.40 bits per heavy atom. The third-order valence-corrected chi connectivity index (χ3v) is 6.05. The van der Waals surface area contributed by atoms with Crippen LogP contribution in [0.25, 0.3) is 0 Å². The first-order chi connectivity index (χ1) is 13.9. The van der Waals surface area contributed by atoms with Crippen LogP contribution < -0.4 is 4.74 Å². The minimum absolute atomic E-state index is 0.0414. The molecule has 2 radical (unpaired) electrons. The summed E-state index contributed by atoms with van der Waals surface area (Å²) in [6, 6.07) is 6.14. The number of benzene rings is 2. The van der Waals surface area contributed by atoms with E-state index >= 15 is 0 Å². The Labute approximate surface area is 182 Å². The molecule has 9 heteroatoms. The molecule has 1 atom stereocenters. The molecular formula is C21H16BCl2F3O3. The van der Waals surface area contributed by atoms with Crippen LogP contribution >= 0.6 is 23.2 Å². The highest BCUT2D eigenvalue weighted by atomic mass is 35.5. The van der Waals surface area contributed by atoms with Gasteiger partial charge in [0.1, 0.15) is 10.8 Å². The van der Waals surface area contributed by atoms with Gasteiger partial charge in [-0.15, -0.1) is 0 Å². The first kappa shape index (κ1) is 22.7. The Hall–Kier alpha value is -1.99. The van der Waals surface area contributed by atoms with E-state index in [1.807, 2.05) is 0 Å². The number of rotatable bonds is 6. The van der Waals surface area contributed by atoms with Crippen LogP contribution in [0.4, 0.5) is 13.2 Å². The number of halogens is 5. The van der Waals surface area contributed by atoms with E-state index in [0.717, 1.165) is 12.1 Å². The van der Waals surface area contributed by atoms with Crippen LogP contribution in [0.1, 0.15) is 46.8 Å². The van der Waals surface area contributed by atoms with Gasteiger partial charge in [-0.25, -0.2) is 0 Å². The molecule has 2 aromatic rings. The van der Waals surface area contributed by atoms with Gasteiger partial charge >= 0.3 is 6.18 Å². The van der Waals surface area contributed by atoms with Crippen molar-refractivity contribution in [3.63, 3.8) is 0 Å². The largest absolute Gasteiger partial charge is 0.492 e. The summed E-state index contributed by atoms with van der Waals surface area (Å²) in [5.74, 6) is -0.0428. The Morgan fingerprint density at radius 2 is 1.83 bits per heavy atom. The second-order valence-corrected chi connectivity index (χ2v) is 8.12. The molecule has 0 saturated heterocycles. The molecule has 0 bridgehead atoms. The molecule has 0 saturated carbocycles. The maximum absolute atomic E-state index is 13.2. The van der Waals surface area contributed by atoms with Gasteiger partial charge in [-0.1, -0.05) is 35.3 Å². The number of fused-ring (bicyclic) bond motifs is 1. The summed E-state index contributed by atoms with van der Waals surface area (Å²) in [5.41, 5.74) is -1.02. The molecule has 156 valence electrons. The Morgan fingerprint density at radius 1 is 1.20 bits per heavy atom. The minimum atomic E-state index is -4.46. The van der Waals surface area contributed by atoms with Crippen molar-refractivity contribution in [1.82, 2.24) is 0 Å². The number of Topliss-reactive ketones (excluding diaryl/α,β-unsaturated/α-hetero) is 1. The fourth-order valence-electron chi connectivity index (χ4n) is 3.57. The summed E-state index contributed by atoms with van der Waals surface area (Å²) in [4.78, 5) is 24.0. The zero-order valence-electron chi connectivity index (χ0n) is 15.9. The Balaban J connectivity index is 1.89. The van der Waals surface area contributed by atoms with E-state index in [4.69, 9.17) is 35.8 Å². The summed E-state index contributed by atoms with van der Waals surface area (Å²) in [6.07, 6.45) is -3.68. The standard InChI is InChI=1S/C21H16BCl2F3O3/c1-20(12-4-6-13(7-5-12)21(25,26)27)10-11-9-14(30-8-2-3-15(22)28)17(23)18(24)16(11)19(20)29/h4-7,9H,2-3,8,10H2,1H3. The second-order valence-electron chi connectivity index (χ2n) is 7.37. The predicted molar refractivity (Wildman–Crippen MR) is 109 cm³/mol. The smallest absolute Gasteiger partial charge is 0.416 e. The van der Waals surface area contributed by atoms with Gasteiger partial charge in [-0.05, 0) is 55.5 Å². The highest BCUT2D eigenvalue weighted by molar-refractivity contribution is 6.57. The van der Waals surface area contributed by atoms with E-state index in [-0.39, 0.29) is 46.6 Å². The highest BCUT2D eigenvalue weighted by Gasteiger charge is 2.45. The number of carbonyl (C=O) groups excluding carboxylic acids is 2. The first-order valence-corrected chi connectivity index (χ1v) is 9.85. The van der Waals surface area contributed by atoms with Crippen molar-refractivity contribution in [2.24, 2.45) is 0 Å². The van der Waals surface area contributed by atoms with Crippen LogP contribution in [0.3, 0.4) is 0 Å². The van der Waals surface area contributed by atoms with Crippen LogP contribution in [0.5, 0.6) is 5.75 Å². The minimum Gasteiger partial charge on any atom is -0.492 e. The fourth-order valence-corrected chi connectivity index (χ4v) is 4.07. The molecular weight excluding hydrogens is 439 g/mol. The van der Waals surface area contributed by atoms with Gasteiger partial charge in [0.05, 0.1) is 28.3 Å². The van der Waals surface area contributed by atoms with Crippen molar-refractivity contribution < 1.29 is 27.5 Å². The number of carbonyl (C=O) groups is 2. The van der Waals surface area contributed by atoms with Gasteiger partial charge in [0.2, 0.25) is 0 Å². The summed E-state index contributed by atoms with van der Waals surface area (Å²) in [7, 11) is 5.09. The highest BCUT2D eigenvalue weighted by Crippen LogP contribution is 2.47. The third-order valence-electron chi connectivity index (χ3n) is 5.20. The SMILES string of the molecule is [B]C(=O)CCCOc1cc2c(c(Cl)c1Cl)C(=O)C(C)(c1ccc(C(F)(F)F)cc1)C2. The zero-order valence-corrected chi connectivity index (χ0v) is 17.4. The van der Waals surface area contributed by atoms with Crippen LogP contribution in [-0.2, 0) is 22.8 Å². The van der Waals surface area contributed by atoms with Crippen molar-refractivity contribution in [3.8, 4) is 5.75 Å². The number of ether oxygens (including phenoxy) is 1. The molecule has 3 rings (SSSR count). The van der Waals surface area contributed by atoms with Crippen molar-refractivity contribution in [2.45, 2.75) is 37.8 Å². The first-order valence-electron chi connectivity index (χ1n) is 9.09. The molecule has 0 fully saturated rings. The molecule has 0 aliphatic heterocycles. The average Bonchev–Trinajstić information content (AvgIpc) is 2.93. The molecule has 0 N–H and O–H groups in total. The Kier molecular flexibility index (Phi) is 6.26. The van der Waals surface area contributed by atoms with Gasteiger partial charge in [0.25, 0.3) is 0 Å². The van der Waals surface area contributed by atoms with Gasteiger partial charge in [0, 0.05) is 5.56 Å². The van der Waals surface area contributed by atoms with Crippen molar-refractivity contribution in [2.75, 3.05) is 6.61 Å². The molecule has 1 unspecified atom stereocenters. The van der Waals surface area contributed by atoms with Gasteiger partial charge < -0.3 is 9.53 Å². The molecule has 0 amide bonds. The maximum atomic E-state index is 13.2. The number of alkyl halides is 3. The molecule has 30 heavy (non-hydrogen) atoms.